The van der Waals surface area contributed by atoms with Crippen LogP contribution >= 0.6 is 0 Å². The van der Waals surface area contributed by atoms with Gasteiger partial charge in [-0.2, -0.15) is 0 Å². The minimum atomic E-state index is -0.740. The van der Waals surface area contributed by atoms with E-state index in [0.29, 0.717) is 16.6 Å². The molecule has 0 aliphatic carbocycles. The number of nitrogens with one attached hydrogen (secondary N) is 1. The molecule has 0 saturated heterocycles. The first kappa shape index (κ1) is 18.8. The smallest absolute Gasteiger partial charge is 0.275 e. The molecule has 0 atom stereocenters. The maximum Gasteiger partial charge on any atom is 0.275 e. The number of nitrogens with zero attached hydrogens (tertiary/aromatic N) is 2. The van der Waals surface area contributed by atoms with Crippen molar-refractivity contribution < 1.29 is 18.0 Å². The highest BCUT2D eigenvalue weighted by Crippen LogP contribution is 2.18. The van der Waals surface area contributed by atoms with Gasteiger partial charge in [0, 0.05) is 25.2 Å². The molecule has 0 spiro atoms. The van der Waals surface area contributed by atoms with Crippen LogP contribution in [0.25, 0.3) is 16.6 Å². The van der Waals surface area contributed by atoms with E-state index in [4.69, 9.17) is 0 Å². The number of benzene rings is 2. The second-order valence-electron chi connectivity index (χ2n) is 6.63. The lowest BCUT2D eigenvalue weighted by Crippen LogP contribution is -2.23. The summed E-state index contributed by atoms with van der Waals surface area (Å²) in [6.45, 7) is 0.166. The molecule has 2 aromatic heterocycles. The molecule has 0 fully saturated rings. The summed E-state index contributed by atoms with van der Waals surface area (Å²) in [5, 5.41) is 2.32. The lowest BCUT2D eigenvalue weighted by atomic mass is 10.2. The number of anilines is 1. The molecule has 0 saturated carbocycles. The van der Waals surface area contributed by atoms with Gasteiger partial charge in [0.2, 0.25) is 5.91 Å². The monoisotopic (exact) mass is 399 g/mol. The third kappa shape index (κ3) is 3.61. The molecule has 2 aromatic carbocycles. The third-order valence-electron chi connectivity index (χ3n) is 4.69. The summed E-state index contributed by atoms with van der Waals surface area (Å²) >= 11 is 0. The fourth-order valence-electron chi connectivity index (χ4n) is 3.36. The lowest BCUT2D eigenvalue weighted by molar-refractivity contribution is -0.116. The first-order chi connectivity index (χ1) is 13.9. The Balaban J connectivity index is 1.55. The molecule has 1 N–H and O–H groups in total. The van der Waals surface area contributed by atoms with Gasteiger partial charge in [0.05, 0.1) is 16.7 Å². The van der Waals surface area contributed by atoms with Crippen LogP contribution in [-0.2, 0) is 11.3 Å². The summed E-state index contributed by atoms with van der Waals surface area (Å²) in [6, 6.07) is 10.4. The quantitative estimate of drug-likeness (QED) is 0.550. The number of halogens is 3. The van der Waals surface area contributed by atoms with Gasteiger partial charge < -0.3 is 14.3 Å². The van der Waals surface area contributed by atoms with Gasteiger partial charge in [0.15, 0.2) is 0 Å². The van der Waals surface area contributed by atoms with Crippen LogP contribution in [0, 0.1) is 17.5 Å². The van der Waals surface area contributed by atoms with E-state index in [1.165, 1.54) is 16.7 Å². The minimum absolute atomic E-state index is 0.0224. The Morgan fingerprint density at radius 1 is 0.931 bits per heavy atom. The van der Waals surface area contributed by atoms with E-state index >= 15 is 0 Å². The van der Waals surface area contributed by atoms with Gasteiger partial charge in [0.1, 0.15) is 23.0 Å². The number of fused-ring (bicyclic) bond motifs is 3. The van der Waals surface area contributed by atoms with Crippen molar-refractivity contribution in [3.8, 4) is 0 Å². The molecule has 0 aliphatic rings. The molecule has 29 heavy (non-hydrogen) atoms. The molecule has 148 valence electrons. The van der Waals surface area contributed by atoms with Gasteiger partial charge in [0.25, 0.3) is 5.56 Å². The highest BCUT2D eigenvalue weighted by Gasteiger charge is 2.13. The van der Waals surface area contributed by atoms with Gasteiger partial charge in [-0.15, -0.1) is 0 Å². The fourth-order valence-corrected chi connectivity index (χ4v) is 3.36. The molecule has 0 radical (unpaired) electrons. The number of rotatable bonds is 5. The van der Waals surface area contributed by atoms with Gasteiger partial charge >= 0.3 is 0 Å². The van der Waals surface area contributed by atoms with E-state index in [9.17, 15) is 22.8 Å². The molecule has 0 unspecified atom stereocenters. The first-order valence-corrected chi connectivity index (χ1v) is 8.98. The number of aryl methyl sites for hydroxylation is 1. The highest BCUT2D eigenvalue weighted by molar-refractivity contribution is 5.90. The number of amides is 1. The summed E-state index contributed by atoms with van der Waals surface area (Å²) in [6.07, 6.45) is 1.96. The molecular weight excluding hydrogens is 383 g/mol. The molecule has 2 heterocycles. The Labute approximate surface area is 163 Å². The van der Waals surface area contributed by atoms with Crippen LogP contribution < -0.4 is 10.9 Å². The summed E-state index contributed by atoms with van der Waals surface area (Å²) in [7, 11) is 0. The van der Waals surface area contributed by atoms with Crippen molar-refractivity contribution in [2.24, 2.45) is 0 Å². The van der Waals surface area contributed by atoms with Crippen LogP contribution in [0.5, 0.6) is 0 Å². The average Bonchev–Trinajstić information content (AvgIpc) is 3.17. The number of carbonyl (C=O) groups is 1. The van der Waals surface area contributed by atoms with Crippen LogP contribution in [0.1, 0.15) is 12.8 Å². The molecule has 0 bridgehead atoms. The first-order valence-electron chi connectivity index (χ1n) is 8.98. The zero-order chi connectivity index (χ0) is 20.5. The largest absolute Gasteiger partial charge is 0.324 e. The summed E-state index contributed by atoms with van der Waals surface area (Å²) in [5.41, 5.74) is 0.974. The van der Waals surface area contributed by atoms with E-state index in [2.05, 4.69) is 5.32 Å². The number of aromatic nitrogens is 2. The van der Waals surface area contributed by atoms with Crippen LogP contribution in [0.15, 0.2) is 59.5 Å². The van der Waals surface area contributed by atoms with Gasteiger partial charge in [-0.25, -0.2) is 13.2 Å². The third-order valence-corrected chi connectivity index (χ3v) is 4.69. The SMILES string of the molecule is O=C(CCCn1c(=O)c2cccn2c2ccc(F)cc21)Nc1cc(F)ccc1F. The van der Waals surface area contributed by atoms with Crippen molar-refractivity contribution in [2.45, 2.75) is 19.4 Å². The molecular formula is C21H16F3N3O2. The Morgan fingerprint density at radius 2 is 1.69 bits per heavy atom. The van der Waals surface area contributed by atoms with Gasteiger partial charge in [-0.1, -0.05) is 0 Å². The topological polar surface area (TPSA) is 55.5 Å². The lowest BCUT2D eigenvalue weighted by Gasteiger charge is -2.13. The van der Waals surface area contributed by atoms with Gasteiger partial charge in [-0.05, 0) is 48.9 Å². The van der Waals surface area contributed by atoms with E-state index in [1.807, 2.05) is 0 Å². The second kappa shape index (κ2) is 7.46. The molecule has 5 nitrogen and oxygen atoms in total. The Bertz CT molecular complexity index is 1290. The van der Waals surface area contributed by atoms with Crippen molar-refractivity contribution in [1.29, 1.82) is 0 Å². The van der Waals surface area contributed by atoms with Crippen molar-refractivity contribution in [1.82, 2.24) is 8.97 Å². The highest BCUT2D eigenvalue weighted by atomic mass is 19.1. The Hall–Kier alpha value is -3.55. The number of hydrogen-bond acceptors (Lipinski definition) is 2. The van der Waals surface area contributed by atoms with Crippen molar-refractivity contribution >= 4 is 28.1 Å². The van der Waals surface area contributed by atoms with Crippen LogP contribution in [-0.4, -0.2) is 14.9 Å². The summed E-state index contributed by atoms with van der Waals surface area (Å²) in [5.74, 6) is -2.39. The average molecular weight is 399 g/mol. The van der Waals surface area contributed by atoms with Crippen LogP contribution in [0.3, 0.4) is 0 Å². The Kier molecular flexibility index (Phi) is 4.84. The van der Waals surface area contributed by atoms with E-state index < -0.39 is 23.4 Å². The number of hydrogen-bond donors (Lipinski definition) is 1. The standard InChI is InChI=1S/C21H16F3N3O2/c22-13-5-7-15(24)16(11-13)25-20(28)4-2-10-27-19-12-14(23)6-8-17(19)26-9-1-3-18(26)21(27)29/h1,3,5-9,11-12H,2,4,10H2,(H,25,28). The Morgan fingerprint density at radius 3 is 2.52 bits per heavy atom. The van der Waals surface area contributed by atoms with Crippen LogP contribution in [0.2, 0.25) is 0 Å². The van der Waals surface area contributed by atoms with Gasteiger partial charge in [-0.3, -0.25) is 9.59 Å². The zero-order valence-electron chi connectivity index (χ0n) is 15.2. The fraction of sp³-hybridized carbons (Fsp3) is 0.143. The molecule has 1 amide bonds. The predicted octanol–water partition coefficient (Wildman–Crippen LogP) is 4.09. The zero-order valence-corrected chi connectivity index (χ0v) is 15.2. The van der Waals surface area contributed by atoms with Crippen molar-refractivity contribution in [3.05, 3.63) is 82.5 Å². The van der Waals surface area contributed by atoms with E-state index in [0.717, 1.165) is 18.2 Å². The van der Waals surface area contributed by atoms with Crippen LogP contribution in [0.4, 0.5) is 18.9 Å². The molecule has 8 heteroatoms. The minimum Gasteiger partial charge on any atom is -0.324 e. The van der Waals surface area contributed by atoms with E-state index in [1.54, 1.807) is 28.8 Å². The summed E-state index contributed by atoms with van der Waals surface area (Å²) < 4.78 is 43.7. The predicted molar refractivity (Wildman–Crippen MR) is 103 cm³/mol. The summed E-state index contributed by atoms with van der Waals surface area (Å²) in [4.78, 5) is 24.9. The molecule has 4 aromatic rings. The normalized spacial score (nSPS) is 11.3. The number of carbonyl (C=O) groups excluding carboxylic acids is 1. The molecule has 0 aliphatic heterocycles. The molecule has 4 rings (SSSR count). The van der Waals surface area contributed by atoms with E-state index in [-0.39, 0.29) is 30.6 Å². The van der Waals surface area contributed by atoms with Crippen molar-refractivity contribution in [2.75, 3.05) is 5.32 Å². The maximum absolute atomic E-state index is 13.8. The maximum atomic E-state index is 13.8. The van der Waals surface area contributed by atoms with Crippen molar-refractivity contribution in [3.63, 3.8) is 0 Å². The second-order valence-corrected chi connectivity index (χ2v) is 6.63.